The number of carbonyl (C=O) groups is 4. The quantitative estimate of drug-likeness (QED) is 0.0686. The van der Waals surface area contributed by atoms with Crippen LogP contribution in [0.25, 0.3) is 0 Å². The van der Waals surface area contributed by atoms with Crippen LogP contribution in [0, 0.1) is 11.2 Å². The molecule has 1 aromatic rings. The van der Waals surface area contributed by atoms with Crippen LogP contribution in [0.5, 0.6) is 0 Å². The fourth-order valence-corrected chi connectivity index (χ4v) is 2.83. The van der Waals surface area contributed by atoms with Crippen molar-refractivity contribution in [3.63, 3.8) is 0 Å². The maximum absolute atomic E-state index is 13.1. The van der Waals surface area contributed by atoms with Gasteiger partial charge >= 0.3 is 11.9 Å². The second-order valence-corrected chi connectivity index (χ2v) is 7.32. The summed E-state index contributed by atoms with van der Waals surface area (Å²) in [4.78, 5) is 46.4. The first kappa shape index (κ1) is 28.0. The van der Waals surface area contributed by atoms with E-state index in [0.717, 1.165) is 0 Å². The van der Waals surface area contributed by atoms with Gasteiger partial charge in [-0.25, -0.2) is 9.18 Å². The molecule has 0 spiro atoms. The molecule has 0 bridgehead atoms. The monoisotopic (exact) mass is 499 g/mol. The number of anilines is 1. The summed E-state index contributed by atoms with van der Waals surface area (Å²) < 4.78 is 13.1. The Bertz CT molecular complexity index is 915. The highest BCUT2D eigenvalue weighted by molar-refractivity contribution is 7.80. The van der Waals surface area contributed by atoms with Gasteiger partial charge in [0.25, 0.3) is 0 Å². The number of carbonyl (C=O) groups excluding carboxylic acids is 2. The van der Waals surface area contributed by atoms with Gasteiger partial charge in [0.2, 0.25) is 11.8 Å². The molecule has 0 unspecified atom stereocenters. The molecule has 0 aliphatic rings. The fraction of sp³-hybridized carbons (Fsp3) is 0.368. The van der Waals surface area contributed by atoms with Gasteiger partial charge in [-0.3, -0.25) is 19.8 Å². The minimum absolute atomic E-state index is 0.0446. The Morgan fingerprint density at radius 2 is 1.71 bits per heavy atom. The van der Waals surface area contributed by atoms with E-state index < -0.39 is 54.6 Å². The summed E-state index contributed by atoms with van der Waals surface area (Å²) in [7, 11) is 0. The highest BCUT2D eigenvalue weighted by Gasteiger charge is 2.24. The van der Waals surface area contributed by atoms with Gasteiger partial charge in [-0.1, -0.05) is 0 Å². The van der Waals surface area contributed by atoms with Crippen molar-refractivity contribution in [2.45, 2.75) is 31.3 Å². The zero-order valence-corrected chi connectivity index (χ0v) is 18.7. The number of rotatable bonds is 13. The van der Waals surface area contributed by atoms with E-state index in [9.17, 15) is 23.6 Å². The number of aliphatic carboxylic acids is 2. The van der Waals surface area contributed by atoms with Crippen molar-refractivity contribution in [3.05, 3.63) is 30.1 Å². The summed E-state index contributed by atoms with van der Waals surface area (Å²) >= 11 is 5.18. The number of nitrogens with one attached hydrogen (secondary N) is 6. The molecule has 2 atom stereocenters. The van der Waals surface area contributed by atoms with Crippen molar-refractivity contribution >= 4 is 52.7 Å². The van der Waals surface area contributed by atoms with Gasteiger partial charge in [0.05, 0.1) is 13.0 Å². The maximum atomic E-state index is 13.1. The molecule has 0 aromatic heterocycles. The zero-order chi connectivity index (χ0) is 25.7. The molecular formula is C19H26FN7O6S. The highest BCUT2D eigenvalue weighted by Crippen LogP contribution is 2.08. The Balaban J connectivity index is 2.70. The van der Waals surface area contributed by atoms with Crippen molar-refractivity contribution in [1.82, 2.24) is 21.3 Å². The molecule has 0 aliphatic carbocycles. The van der Waals surface area contributed by atoms with Gasteiger partial charge in [-0.2, -0.15) is 0 Å². The van der Waals surface area contributed by atoms with Crippen molar-refractivity contribution in [3.8, 4) is 0 Å². The summed E-state index contributed by atoms with van der Waals surface area (Å²) in [6, 6.07) is 2.73. The number of thiocarbonyl (C=S) groups is 1. The number of hydrogen-bond acceptors (Lipinski definition) is 6. The van der Waals surface area contributed by atoms with Crippen LogP contribution in [-0.4, -0.2) is 70.2 Å². The second kappa shape index (κ2) is 14.2. The van der Waals surface area contributed by atoms with Gasteiger partial charge in [0.1, 0.15) is 17.9 Å². The minimum atomic E-state index is -1.65. The molecule has 0 saturated heterocycles. The predicted molar refractivity (Wildman–Crippen MR) is 124 cm³/mol. The van der Waals surface area contributed by atoms with Crippen molar-refractivity contribution < 1.29 is 33.8 Å². The molecule has 186 valence electrons. The van der Waals surface area contributed by atoms with Crippen LogP contribution in [-0.2, 0) is 19.2 Å². The molecule has 10 N–H and O–H groups in total. The molecule has 1 aromatic carbocycles. The van der Waals surface area contributed by atoms with Gasteiger partial charge in [-0.05, 0) is 49.3 Å². The molecule has 0 radical (unpaired) electrons. The second-order valence-electron chi connectivity index (χ2n) is 6.91. The third-order valence-corrected chi connectivity index (χ3v) is 4.36. The van der Waals surface area contributed by atoms with Gasteiger partial charge < -0.3 is 42.5 Å². The Morgan fingerprint density at radius 3 is 2.26 bits per heavy atom. The van der Waals surface area contributed by atoms with Crippen LogP contribution < -0.4 is 32.3 Å². The third-order valence-electron chi connectivity index (χ3n) is 4.14. The van der Waals surface area contributed by atoms with E-state index in [1.54, 1.807) is 0 Å². The van der Waals surface area contributed by atoms with Gasteiger partial charge in [-0.15, -0.1) is 0 Å². The topological polar surface area (TPSA) is 219 Å². The number of amides is 2. The van der Waals surface area contributed by atoms with Crippen LogP contribution in [0.2, 0.25) is 0 Å². The van der Waals surface area contributed by atoms with E-state index in [1.165, 1.54) is 24.3 Å². The van der Waals surface area contributed by atoms with E-state index in [2.05, 4.69) is 21.3 Å². The lowest BCUT2D eigenvalue weighted by Gasteiger charge is -2.21. The first-order chi connectivity index (χ1) is 16.0. The normalized spacial score (nSPS) is 11.9. The predicted octanol–water partition coefficient (Wildman–Crippen LogP) is -1.10. The summed E-state index contributed by atoms with van der Waals surface area (Å²) in [5.74, 6) is -5.17. The first-order valence-electron chi connectivity index (χ1n) is 9.90. The van der Waals surface area contributed by atoms with E-state index in [0.29, 0.717) is 12.1 Å². The Hall–Kier alpha value is -4.01. The Kier molecular flexibility index (Phi) is 11.7. The minimum Gasteiger partial charge on any atom is -0.481 e. The van der Waals surface area contributed by atoms with E-state index >= 15 is 0 Å². The number of carboxylic acid groups (broad SMARTS) is 2. The lowest BCUT2D eigenvalue weighted by molar-refractivity contribution is -0.147. The summed E-state index contributed by atoms with van der Waals surface area (Å²) in [6.45, 7) is -0.320. The van der Waals surface area contributed by atoms with Crippen molar-refractivity contribution in [2.75, 3.05) is 18.4 Å². The van der Waals surface area contributed by atoms with E-state index in [4.69, 9.17) is 33.6 Å². The Morgan fingerprint density at radius 1 is 1.06 bits per heavy atom. The summed E-state index contributed by atoms with van der Waals surface area (Å²) in [5.41, 5.74) is 5.68. The van der Waals surface area contributed by atoms with Crippen LogP contribution in [0.4, 0.5) is 10.1 Å². The first-order valence-corrected chi connectivity index (χ1v) is 10.3. The van der Waals surface area contributed by atoms with Gasteiger partial charge in [0.15, 0.2) is 11.1 Å². The molecule has 2 amide bonds. The molecule has 0 saturated carbocycles. The van der Waals surface area contributed by atoms with E-state index in [1.807, 2.05) is 5.32 Å². The number of benzene rings is 1. The van der Waals surface area contributed by atoms with Gasteiger partial charge in [0, 0.05) is 12.2 Å². The van der Waals surface area contributed by atoms with Crippen molar-refractivity contribution in [2.24, 2.45) is 5.73 Å². The van der Waals surface area contributed by atoms with Crippen LogP contribution >= 0.6 is 12.2 Å². The molecule has 15 heteroatoms. The summed E-state index contributed by atoms with van der Waals surface area (Å²) in [5, 5.41) is 37.4. The lowest BCUT2D eigenvalue weighted by Crippen LogP contribution is -2.51. The number of guanidine groups is 1. The molecular weight excluding hydrogens is 473 g/mol. The number of carboxylic acids is 2. The molecule has 0 fully saturated rings. The number of hydrogen-bond donors (Lipinski definition) is 9. The molecule has 0 aliphatic heterocycles. The fourth-order valence-electron chi connectivity index (χ4n) is 2.57. The Labute approximate surface area is 199 Å². The summed E-state index contributed by atoms with van der Waals surface area (Å²) in [6.07, 6.45) is -0.239. The SMILES string of the molecule is N=C(N)NCCC[C@H](NC(=S)Nc1ccc(F)cc1)C(=O)NCC(=O)N[C@@H](CC(=O)O)C(=O)O. The molecule has 34 heavy (non-hydrogen) atoms. The average molecular weight is 500 g/mol. The third kappa shape index (κ3) is 11.6. The molecule has 1 rings (SSSR count). The maximum Gasteiger partial charge on any atom is 0.326 e. The van der Waals surface area contributed by atoms with Crippen molar-refractivity contribution in [1.29, 1.82) is 5.41 Å². The van der Waals surface area contributed by atoms with Crippen LogP contribution in [0.3, 0.4) is 0 Å². The standard InChI is InChI=1S/C19H26FN7O6S/c20-10-3-5-11(6-4-10)25-19(34)27-12(2-1-7-23-18(21)22)16(31)24-9-14(28)26-13(17(32)33)8-15(29)30/h3-6,12-13H,1-2,7-9H2,(H,24,31)(H,26,28)(H,29,30)(H,32,33)(H4,21,22,23)(H2,25,27,34)/t12-,13-/m0/s1. The average Bonchev–Trinajstić information content (AvgIpc) is 2.74. The highest BCUT2D eigenvalue weighted by atomic mass is 32.1. The number of nitrogens with two attached hydrogens (primary N) is 1. The smallest absolute Gasteiger partial charge is 0.326 e. The van der Waals surface area contributed by atoms with Crippen LogP contribution in [0.1, 0.15) is 19.3 Å². The molecule has 0 heterocycles. The number of halogens is 1. The van der Waals surface area contributed by atoms with Crippen LogP contribution in [0.15, 0.2) is 24.3 Å². The van der Waals surface area contributed by atoms with E-state index in [-0.39, 0.29) is 24.0 Å². The zero-order valence-electron chi connectivity index (χ0n) is 17.9. The molecule has 13 nitrogen and oxygen atoms in total. The largest absolute Gasteiger partial charge is 0.481 e. The lowest BCUT2D eigenvalue weighted by atomic mass is 10.1.